The first-order valence-electron chi connectivity index (χ1n) is 32.1. The van der Waals surface area contributed by atoms with Crippen LogP contribution in [-0.4, -0.2) is 47.4 Å². The Bertz CT molecular complexity index is 1110. The summed E-state index contributed by atoms with van der Waals surface area (Å²) in [5.74, 6) is -0.0706. The number of hydrogen-bond donors (Lipinski definition) is 3. The summed E-state index contributed by atoms with van der Waals surface area (Å²) in [6.07, 6.45) is 75.1. The van der Waals surface area contributed by atoms with Crippen LogP contribution in [0.1, 0.15) is 354 Å². The Hall–Kier alpha value is -1.66. The van der Waals surface area contributed by atoms with Crippen molar-refractivity contribution in [3.05, 3.63) is 24.3 Å². The highest BCUT2D eigenvalue weighted by Crippen LogP contribution is 2.18. The van der Waals surface area contributed by atoms with E-state index in [1.807, 2.05) is 6.08 Å². The predicted octanol–water partition coefficient (Wildman–Crippen LogP) is 20.2. The predicted molar refractivity (Wildman–Crippen MR) is 310 cm³/mol. The van der Waals surface area contributed by atoms with Crippen molar-refractivity contribution in [2.24, 2.45) is 0 Å². The van der Waals surface area contributed by atoms with Gasteiger partial charge in [0.1, 0.15) is 0 Å². The number of amides is 1. The summed E-state index contributed by atoms with van der Waals surface area (Å²) in [5.41, 5.74) is 0. The zero-order chi connectivity index (χ0) is 51.4. The lowest BCUT2D eigenvalue weighted by molar-refractivity contribution is -0.143. The largest absolute Gasteiger partial charge is 0.466 e. The molecular formula is C65H125NO5. The van der Waals surface area contributed by atoms with Crippen LogP contribution in [0.2, 0.25) is 0 Å². The molecule has 0 saturated carbocycles. The summed E-state index contributed by atoms with van der Waals surface area (Å²) >= 11 is 0. The summed E-state index contributed by atoms with van der Waals surface area (Å²) < 4.78 is 5.47. The van der Waals surface area contributed by atoms with Gasteiger partial charge in [0.25, 0.3) is 0 Å². The second-order valence-electron chi connectivity index (χ2n) is 22.1. The number of carbonyl (C=O) groups excluding carboxylic acids is 2. The fraction of sp³-hybridized carbons (Fsp3) is 0.908. The van der Waals surface area contributed by atoms with Crippen molar-refractivity contribution < 1.29 is 24.5 Å². The van der Waals surface area contributed by atoms with Gasteiger partial charge in [-0.25, -0.2) is 0 Å². The van der Waals surface area contributed by atoms with Crippen molar-refractivity contribution in [2.45, 2.75) is 366 Å². The first kappa shape index (κ1) is 69.3. The van der Waals surface area contributed by atoms with E-state index >= 15 is 0 Å². The number of aliphatic hydroxyl groups excluding tert-OH is 2. The first-order chi connectivity index (χ1) is 35.0. The van der Waals surface area contributed by atoms with E-state index in [1.165, 1.54) is 283 Å². The SMILES string of the molecule is CCCCCC/C=C\CCCCCCCC(=O)OCCCCCCCCCCCCCCCCCCCCC(=O)NC(CO)C(O)/C=C/CCCCCCCCCCCCCCCCCCCCCCC. The molecule has 0 radical (unpaired) electrons. The molecule has 3 N–H and O–H groups in total. The maximum atomic E-state index is 12.5. The Kier molecular flexibility index (Phi) is 59.5. The van der Waals surface area contributed by atoms with Gasteiger partial charge in [-0.2, -0.15) is 0 Å². The molecule has 0 aromatic carbocycles. The van der Waals surface area contributed by atoms with Crippen LogP contribution < -0.4 is 5.32 Å². The molecule has 2 atom stereocenters. The van der Waals surface area contributed by atoms with Crippen molar-refractivity contribution in [1.82, 2.24) is 5.32 Å². The van der Waals surface area contributed by atoms with Crippen LogP contribution in [0.5, 0.6) is 0 Å². The standard InChI is InChI=1S/C65H125NO5/c1-3-5-7-9-11-13-15-17-18-19-20-21-22-23-24-27-30-34-37-41-45-49-53-57-63(68)62(61-67)66-64(69)58-54-50-46-42-38-35-31-28-25-26-29-32-36-40-44-48-52-56-60-71-65(70)59-55-51-47-43-39-33-16-14-12-10-8-6-4-2/h14,16,53,57,62-63,67-68H,3-13,15,17-52,54-56,58-61H2,1-2H3,(H,66,69)/b16-14-,57-53+. The molecule has 0 aliphatic rings. The third kappa shape index (κ3) is 57.5. The minimum Gasteiger partial charge on any atom is -0.466 e. The van der Waals surface area contributed by atoms with Gasteiger partial charge in [0.05, 0.1) is 25.4 Å². The lowest BCUT2D eigenvalue weighted by Crippen LogP contribution is -2.45. The van der Waals surface area contributed by atoms with Crippen LogP contribution in [0.4, 0.5) is 0 Å². The zero-order valence-electron chi connectivity index (χ0n) is 48.0. The van der Waals surface area contributed by atoms with Gasteiger partial charge in [0.15, 0.2) is 0 Å². The Morgan fingerprint density at radius 3 is 1.01 bits per heavy atom. The third-order valence-electron chi connectivity index (χ3n) is 15.0. The van der Waals surface area contributed by atoms with E-state index in [9.17, 15) is 19.8 Å². The fourth-order valence-electron chi connectivity index (χ4n) is 10.0. The molecule has 0 aliphatic carbocycles. The lowest BCUT2D eigenvalue weighted by atomic mass is 10.0. The van der Waals surface area contributed by atoms with Crippen LogP contribution in [-0.2, 0) is 14.3 Å². The molecule has 0 saturated heterocycles. The second-order valence-corrected chi connectivity index (χ2v) is 22.1. The number of allylic oxidation sites excluding steroid dienone is 3. The van der Waals surface area contributed by atoms with Crippen molar-refractivity contribution >= 4 is 11.9 Å². The Labute approximate surface area is 443 Å². The Balaban J connectivity index is 3.44. The van der Waals surface area contributed by atoms with Crippen LogP contribution in [0, 0.1) is 0 Å². The highest BCUT2D eigenvalue weighted by atomic mass is 16.5. The minimum absolute atomic E-state index is 0.00210. The number of aliphatic hydroxyl groups is 2. The van der Waals surface area contributed by atoms with Gasteiger partial charge in [-0.3, -0.25) is 9.59 Å². The number of hydrogen-bond acceptors (Lipinski definition) is 5. The molecule has 0 rings (SSSR count). The molecule has 0 heterocycles. The second kappa shape index (κ2) is 60.9. The van der Waals surface area contributed by atoms with Crippen LogP contribution in [0.3, 0.4) is 0 Å². The van der Waals surface area contributed by atoms with Gasteiger partial charge >= 0.3 is 5.97 Å². The van der Waals surface area contributed by atoms with E-state index < -0.39 is 12.1 Å². The van der Waals surface area contributed by atoms with Crippen LogP contribution in [0.15, 0.2) is 24.3 Å². The van der Waals surface area contributed by atoms with Gasteiger partial charge in [0, 0.05) is 12.8 Å². The van der Waals surface area contributed by atoms with E-state index in [2.05, 4.69) is 31.3 Å². The number of esters is 1. The summed E-state index contributed by atoms with van der Waals surface area (Å²) in [5, 5.41) is 23.2. The zero-order valence-corrected chi connectivity index (χ0v) is 48.0. The highest BCUT2D eigenvalue weighted by molar-refractivity contribution is 5.76. The number of ether oxygens (including phenoxy) is 1. The average molecular weight is 1000 g/mol. The monoisotopic (exact) mass is 1000 g/mol. The lowest BCUT2D eigenvalue weighted by Gasteiger charge is -2.20. The molecular weight excluding hydrogens is 875 g/mol. The summed E-state index contributed by atoms with van der Waals surface area (Å²) in [4.78, 5) is 24.5. The van der Waals surface area contributed by atoms with E-state index in [-0.39, 0.29) is 18.5 Å². The maximum Gasteiger partial charge on any atom is 0.305 e. The number of carbonyl (C=O) groups is 2. The van der Waals surface area contributed by atoms with Gasteiger partial charge < -0.3 is 20.3 Å². The summed E-state index contributed by atoms with van der Waals surface area (Å²) in [6.45, 7) is 4.90. The molecule has 0 aromatic rings. The quantitative estimate of drug-likeness (QED) is 0.0320. The number of nitrogens with one attached hydrogen (secondary N) is 1. The molecule has 0 bridgehead atoms. The average Bonchev–Trinajstić information content (AvgIpc) is 3.37. The van der Waals surface area contributed by atoms with E-state index in [0.29, 0.717) is 19.4 Å². The molecule has 6 heteroatoms. The van der Waals surface area contributed by atoms with Crippen LogP contribution >= 0.6 is 0 Å². The van der Waals surface area contributed by atoms with Crippen LogP contribution in [0.25, 0.3) is 0 Å². The Morgan fingerprint density at radius 1 is 0.380 bits per heavy atom. The van der Waals surface area contributed by atoms with Gasteiger partial charge in [0.2, 0.25) is 5.91 Å². The topological polar surface area (TPSA) is 95.9 Å². The van der Waals surface area contributed by atoms with Crippen molar-refractivity contribution in [1.29, 1.82) is 0 Å². The summed E-state index contributed by atoms with van der Waals surface area (Å²) in [7, 11) is 0. The van der Waals surface area contributed by atoms with Crippen molar-refractivity contribution in [3.63, 3.8) is 0 Å². The molecule has 71 heavy (non-hydrogen) atoms. The molecule has 0 fully saturated rings. The van der Waals surface area contributed by atoms with E-state index in [1.54, 1.807) is 6.08 Å². The number of rotatable bonds is 60. The maximum absolute atomic E-state index is 12.5. The normalized spacial score (nSPS) is 12.7. The summed E-state index contributed by atoms with van der Waals surface area (Å²) in [6, 6.07) is -0.632. The molecule has 0 spiro atoms. The number of unbranched alkanes of at least 4 members (excludes halogenated alkanes) is 47. The molecule has 420 valence electrons. The van der Waals surface area contributed by atoms with Crippen molar-refractivity contribution in [3.8, 4) is 0 Å². The minimum atomic E-state index is -0.848. The third-order valence-corrected chi connectivity index (χ3v) is 15.0. The van der Waals surface area contributed by atoms with E-state index in [0.717, 1.165) is 44.9 Å². The van der Waals surface area contributed by atoms with Gasteiger partial charge in [-0.15, -0.1) is 0 Å². The smallest absolute Gasteiger partial charge is 0.305 e. The van der Waals surface area contributed by atoms with E-state index in [4.69, 9.17) is 4.74 Å². The van der Waals surface area contributed by atoms with Gasteiger partial charge in [-0.05, 0) is 57.8 Å². The Morgan fingerprint density at radius 2 is 0.662 bits per heavy atom. The first-order valence-corrected chi connectivity index (χ1v) is 32.1. The highest BCUT2D eigenvalue weighted by Gasteiger charge is 2.18. The molecule has 0 aromatic heterocycles. The molecule has 2 unspecified atom stereocenters. The fourth-order valence-corrected chi connectivity index (χ4v) is 10.0. The van der Waals surface area contributed by atoms with Crippen molar-refractivity contribution in [2.75, 3.05) is 13.2 Å². The molecule has 0 aliphatic heterocycles. The van der Waals surface area contributed by atoms with Gasteiger partial charge in [-0.1, -0.05) is 308 Å². The molecule has 1 amide bonds. The molecule has 6 nitrogen and oxygen atoms in total.